The lowest BCUT2D eigenvalue weighted by molar-refractivity contribution is -0.134. The molecule has 0 aliphatic heterocycles. The average molecular weight is 341 g/mol. The first kappa shape index (κ1) is 17.2. The van der Waals surface area contributed by atoms with E-state index in [0.717, 1.165) is 18.4 Å². The van der Waals surface area contributed by atoms with Crippen molar-refractivity contribution in [3.8, 4) is 0 Å². The van der Waals surface area contributed by atoms with Crippen LogP contribution in [0.2, 0.25) is 0 Å². The van der Waals surface area contributed by atoms with Crippen molar-refractivity contribution in [1.82, 2.24) is 10.1 Å². The third kappa shape index (κ3) is 5.45. The SMILES string of the molecule is Cc1cc(NC(=O)CN(CC2CC2)C(=O)CCc2ccccc2)no1. The average Bonchev–Trinajstić information content (AvgIpc) is 3.33. The van der Waals surface area contributed by atoms with E-state index >= 15 is 0 Å². The molecule has 6 heteroatoms. The third-order valence-electron chi connectivity index (χ3n) is 4.23. The van der Waals surface area contributed by atoms with Crippen LogP contribution in [-0.2, 0) is 16.0 Å². The quantitative estimate of drug-likeness (QED) is 0.801. The molecule has 1 saturated carbocycles. The van der Waals surface area contributed by atoms with Gasteiger partial charge in [0.05, 0.1) is 6.54 Å². The number of hydrogen-bond acceptors (Lipinski definition) is 4. The second-order valence-electron chi connectivity index (χ2n) is 6.57. The number of benzene rings is 1. The fourth-order valence-electron chi connectivity index (χ4n) is 2.70. The Bertz CT molecular complexity index is 723. The molecule has 1 aliphatic carbocycles. The lowest BCUT2D eigenvalue weighted by Gasteiger charge is -2.22. The van der Waals surface area contributed by atoms with Crippen LogP contribution >= 0.6 is 0 Å². The number of anilines is 1. The number of aryl methyl sites for hydroxylation is 2. The van der Waals surface area contributed by atoms with Crippen LogP contribution in [0, 0.1) is 12.8 Å². The molecule has 0 saturated heterocycles. The fraction of sp³-hybridized carbons (Fsp3) is 0.421. The van der Waals surface area contributed by atoms with Crippen LogP contribution in [0.4, 0.5) is 5.82 Å². The van der Waals surface area contributed by atoms with Crippen LogP contribution in [0.15, 0.2) is 40.9 Å². The molecule has 1 aromatic heterocycles. The number of nitrogens with zero attached hydrogens (tertiary/aromatic N) is 2. The van der Waals surface area contributed by atoms with Crippen LogP contribution < -0.4 is 5.32 Å². The minimum absolute atomic E-state index is 0.0160. The van der Waals surface area contributed by atoms with Gasteiger partial charge >= 0.3 is 0 Å². The largest absolute Gasteiger partial charge is 0.360 e. The van der Waals surface area contributed by atoms with Gasteiger partial charge in [0.15, 0.2) is 5.82 Å². The highest BCUT2D eigenvalue weighted by Gasteiger charge is 2.28. The van der Waals surface area contributed by atoms with Gasteiger partial charge in [-0.15, -0.1) is 0 Å². The molecule has 6 nitrogen and oxygen atoms in total. The van der Waals surface area contributed by atoms with E-state index < -0.39 is 0 Å². The van der Waals surface area contributed by atoms with E-state index in [1.807, 2.05) is 30.3 Å². The summed E-state index contributed by atoms with van der Waals surface area (Å²) in [5.74, 6) is 1.31. The summed E-state index contributed by atoms with van der Waals surface area (Å²) in [7, 11) is 0. The Morgan fingerprint density at radius 2 is 2.04 bits per heavy atom. The summed E-state index contributed by atoms with van der Waals surface area (Å²) in [5, 5.41) is 6.42. The van der Waals surface area contributed by atoms with Crippen LogP contribution in [0.1, 0.15) is 30.6 Å². The van der Waals surface area contributed by atoms with Gasteiger partial charge in [-0.3, -0.25) is 9.59 Å². The summed E-state index contributed by atoms with van der Waals surface area (Å²) in [4.78, 5) is 26.5. The minimum atomic E-state index is -0.248. The van der Waals surface area contributed by atoms with Crippen molar-refractivity contribution in [2.45, 2.75) is 32.6 Å². The summed E-state index contributed by atoms with van der Waals surface area (Å²) < 4.78 is 4.93. The molecule has 25 heavy (non-hydrogen) atoms. The molecule has 0 bridgehead atoms. The molecule has 1 aromatic carbocycles. The second-order valence-corrected chi connectivity index (χ2v) is 6.57. The Morgan fingerprint density at radius 3 is 2.68 bits per heavy atom. The van der Waals surface area contributed by atoms with E-state index in [1.165, 1.54) is 0 Å². The Hall–Kier alpha value is -2.63. The van der Waals surface area contributed by atoms with Crippen LogP contribution in [0.3, 0.4) is 0 Å². The Morgan fingerprint density at radius 1 is 1.28 bits per heavy atom. The molecule has 3 rings (SSSR count). The zero-order valence-corrected chi connectivity index (χ0v) is 14.4. The number of rotatable bonds is 8. The van der Waals surface area contributed by atoms with Gasteiger partial charge in [0.25, 0.3) is 0 Å². The molecule has 2 amide bonds. The molecular weight excluding hydrogens is 318 g/mol. The van der Waals surface area contributed by atoms with Crippen LogP contribution in [0.5, 0.6) is 0 Å². The zero-order chi connectivity index (χ0) is 17.6. The van der Waals surface area contributed by atoms with Crippen molar-refractivity contribution in [3.05, 3.63) is 47.7 Å². The molecule has 0 unspecified atom stereocenters. The summed E-state index contributed by atoms with van der Waals surface area (Å²) in [5.41, 5.74) is 1.13. The van der Waals surface area contributed by atoms with Crippen molar-refractivity contribution in [3.63, 3.8) is 0 Å². The van der Waals surface area contributed by atoms with Crippen molar-refractivity contribution in [2.24, 2.45) is 5.92 Å². The van der Waals surface area contributed by atoms with Gasteiger partial charge < -0.3 is 14.7 Å². The second kappa shape index (κ2) is 7.96. The number of carbonyl (C=O) groups excluding carboxylic acids is 2. The van der Waals surface area contributed by atoms with Crippen LogP contribution in [-0.4, -0.2) is 35.0 Å². The molecule has 0 spiro atoms. The molecule has 0 atom stereocenters. The van der Waals surface area contributed by atoms with Gasteiger partial charge in [-0.05, 0) is 37.7 Å². The lowest BCUT2D eigenvalue weighted by atomic mass is 10.1. The lowest BCUT2D eigenvalue weighted by Crippen LogP contribution is -2.39. The maximum Gasteiger partial charge on any atom is 0.245 e. The molecule has 1 fully saturated rings. The molecule has 0 radical (unpaired) electrons. The smallest absolute Gasteiger partial charge is 0.245 e. The maximum absolute atomic E-state index is 12.6. The first-order valence-corrected chi connectivity index (χ1v) is 8.65. The third-order valence-corrected chi connectivity index (χ3v) is 4.23. The van der Waals surface area contributed by atoms with Gasteiger partial charge in [-0.1, -0.05) is 35.5 Å². The van der Waals surface area contributed by atoms with Crippen molar-refractivity contribution < 1.29 is 14.1 Å². The van der Waals surface area contributed by atoms with Crippen molar-refractivity contribution in [1.29, 1.82) is 0 Å². The number of amides is 2. The van der Waals surface area contributed by atoms with Gasteiger partial charge in [-0.2, -0.15) is 0 Å². The van der Waals surface area contributed by atoms with Gasteiger partial charge in [-0.25, -0.2) is 0 Å². The zero-order valence-electron chi connectivity index (χ0n) is 14.4. The van der Waals surface area contributed by atoms with E-state index in [-0.39, 0.29) is 18.4 Å². The topological polar surface area (TPSA) is 75.4 Å². The van der Waals surface area contributed by atoms with Gasteiger partial charge in [0.1, 0.15) is 5.76 Å². The van der Waals surface area contributed by atoms with E-state index in [9.17, 15) is 9.59 Å². The van der Waals surface area contributed by atoms with E-state index in [4.69, 9.17) is 4.52 Å². The molecule has 1 heterocycles. The fourth-order valence-corrected chi connectivity index (χ4v) is 2.70. The van der Waals surface area contributed by atoms with Gasteiger partial charge in [0.2, 0.25) is 11.8 Å². The highest BCUT2D eigenvalue weighted by Crippen LogP contribution is 2.30. The molecule has 1 N–H and O–H groups in total. The maximum atomic E-state index is 12.6. The summed E-state index contributed by atoms with van der Waals surface area (Å²) in [6, 6.07) is 11.6. The first-order valence-electron chi connectivity index (χ1n) is 8.65. The van der Waals surface area contributed by atoms with E-state index in [0.29, 0.717) is 36.9 Å². The van der Waals surface area contributed by atoms with E-state index in [2.05, 4.69) is 10.5 Å². The van der Waals surface area contributed by atoms with E-state index in [1.54, 1.807) is 17.9 Å². The Balaban J connectivity index is 1.54. The van der Waals surface area contributed by atoms with Crippen molar-refractivity contribution in [2.75, 3.05) is 18.4 Å². The Labute approximate surface area is 147 Å². The Kier molecular flexibility index (Phi) is 5.48. The summed E-state index contributed by atoms with van der Waals surface area (Å²) >= 11 is 0. The molecule has 2 aromatic rings. The highest BCUT2D eigenvalue weighted by molar-refractivity contribution is 5.93. The number of carbonyl (C=O) groups is 2. The first-order chi connectivity index (χ1) is 12.1. The monoisotopic (exact) mass is 341 g/mol. The predicted molar refractivity (Wildman–Crippen MR) is 93.9 cm³/mol. The minimum Gasteiger partial charge on any atom is -0.360 e. The number of aromatic nitrogens is 1. The normalized spacial score (nSPS) is 13.5. The molecule has 132 valence electrons. The number of nitrogens with one attached hydrogen (secondary N) is 1. The molecular formula is C19H23N3O3. The summed E-state index contributed by atoms with van der Waals surface area (Å²) in [6.45, 7) is 2.46. The van der Waals surface area contributed by atoms with Crippen molar-refractivity contribution >= 4 is 17.6 Å². The summed E-state index contributed by atoms with van der Waals surface area (Å²) in [6.07, 6.45) is 3.36. The highest BCUT2D eigenvalue weighted by atomic mass is 16.5. The number of hydrogen-bond donors (Lipinski definition) is 1. The predicted octanol–water partition coefficient (Wildman–Crippen LogP) is 2.79. The molecule has 1 aliphatic rings. The van der Waals surface area contributed by atoms with Crippen LogP contribution in [0.25, 0.3) is 0 Å². The standard InChI is InChI=1S/C19H23N3O3/c1-14-11-17(21-25-14)20-18(23)13-22(12-16-7-8-16)19(24)10-9-15-5-3-2-4-6-15/h2-6,11,16H,7-10,12-13H2,1H3,(H,20,21,23). The van der Waals surface area contributed by atoms with Gasteiger partial charge in [0, 0.05) is 19.0 Å².